The first-order valence-corrected chi connectivity index (χ1v) is 5.68. The number of nitrogens with zero attached hydrogens (tertiary/aromatic N) is 2. The van der Waals surface area contributed by atoms with E-state index < -0.39 is 5.60 Å². The van der Waals surface area contributed by atoms with Crippen molar-refractivity contribution < 1.29 is 9.53 Å². The van der Waals surface area contributed by atoms with Gasteiger partial charge in [0.05, 0.1) is 5.92 Å². The highest BCUT2D eigenvalue weighted by Crippen LogP contribution is 2.23. The first-order chi connectivity index (χ1) is 7.33. The maximum absolute atomic E-state index is 11.7. The fourth-order valence-electron chi connectivity index (χ4n) is 1.78. The molecule has 1 saturated heterocycles. The Morgan fingerprint density at radius 2 is 2.19 bits per heavy atom. The van der Waals surface area contributed by atoms with Gasteiger partial charge in [0.2, 0.25) is 6.04 Å². The predicted molar refractivity (Wildman–Crippen MR) is 62.0 cm³/mol. The van der Waals surface area contributed by atoms with Crippen LogP contribution in [0.1, 0.15) is 34.1 Å². The summed E-state index contributed by atoms with van der Waals surface area (Å²) in [4.78, 5) is 17.0. The molecule has 0 aliphatic carbocycles. The monoisotopic (exact) mass is 224 g/mol. The summed E-state index contributed by atoms with van der Waals surface area (Å²) in [7, 11) is 0. The van der Waals surface area contributed by atoms with Crippen molar-refractivity contribution in [2.24, 2.45) is 5.92 Å². The maximum atomic E-state index is 11.7. The molecule has 1 rings (SSSR count). The molecule has 2 unspecified atom stereocenters. The molecule has 1 heterocycles. The highest BCUT2D eigenvalue weighted by atomic mass is 16.6. The van der Waals surface area contributed by atoms with E-state index in [0.717, 1.165) is 6.42 Å². The molecule has 0 aromatic carbocycles. The van der Waals surface area contributed by atoms with Gasteiger partial charge in [0.15, 0.2) is 0 Å². The molecule has 1 amide bonds. The van der Waals surface area contributed by atoms with Gasteiger partial charge in [0, 0.05) is 20.0 Å². The van der Waals surface area contributed by atoms with Gasteiger partial charge in [-0.2, -0.15) is 0 Å². The number of carbonyl (C=O) groups excluding carboxylic acids is 1. The zero-order valence-corrected chi connectivity index (χ0v) is 10.5. The van der Waals surface area contributed by atoms with Crippen LogP contribution in [0.3, 0.4) is 0 Å². The van der Waals surface area contributed by atoms with Crippen LogP contribution < -0.4 is 0 Å². The SMILES string of the molecule is [C-]#[N+]C(C)C1CCN(C(=O)OC(C)(C)C)C1. The number of likely N-dealkylation sites (tertiary alicyclic amines) is 1. The quantitative estimate of drug-likeness (QED) is 0.641. The minimum absolute atomic E-state index is 0.00700. The largest absolute Gasteiger partial charge is 0.444 e. The third kappa shape index (κ3) is 3.41. The highest BCUT2D eigenvalue weighted by molar-refractivity contribution is 5.68. The van der Waals surface area contributed by atoms with Crippen molar-refractivity contribution in [2.45, 2.75) is 45.8 Å². The van der Waals surface area contributed by atoms with E-state index >= 15 is 0 Å². The van der Waals surface area contributed by atoms with Gasteiger partial charge in [-0.25, -0.2) is 11.4 Å². The van der Waals surface area contributed by atoms with E-state index in [0.29, 0.717) is 19.0 Å². The predicted octanol–water partition coefficient (Wildman–Crippen LogP) is 2.55. The fraction of sp³-hybridized carbons (Fsp3) is 0.833. The topological polar surface area (TPSA) is 33.9 Å². The van der Waals surface area contributed by atoms with Crippen LogP contribution >= 0.6 is 0 Å². The second-order valence-corrected chi connectivity index (χ2v) is 5.34. The lowest BCUT2D eigenvalue weighted by Gasteiger charge is -2.24. The summed E-state index contributed by atoms with van der Waals surface area (Å²) in [6.45, 7) is 15.8. The molecule has 0 saturated carbocycles. The van der Waals surface area contributed by atoms with Crippen molar-refractivity contribution in [2.75, 3.05) is 13.1 Å². The Morgan fingerprint density at radius 1 is 1.56 bits per heavy atom. The number of hydrogen-bond donors (Lipinski definition) is 0. The zero-order chi connectivity index (χ0) is 12.3. The van der Waals surface area contributed by atoms with Crippen LogP contribution in [0.25, 0.3) is 4.85 Å². The van der Waals surface area contributed by atoms with Crippen LogP contribution in [0.4, 0.5) is 4.79 Å². The first kappa shape index (κ1) is 12.8. The second-order valence-electron chi connectivity index (χ2n) is 5.34. The minimum Gasteiger partial charge on any atom is -0.444 e. The molecule has 0 spiro atoms. The Hall–Kier alpha value is -1.24. The molecule has 0 bridgehead atoms. The molecule has 1 aliphatic heterocycles. The van der Waals surface area contributed by atoms with Gasteiger partial charge in [-0.1, -0.05) is 0 Å². The van der Waals surface area contributed by atoms with Crippen LogP contribution in [0.5, 0.6) is 0 Å². The van der Waals surface area contributed by atoms with E-state index in [1.54, 1.807) is 4.90 Å². The van der Waals surface area contributed by atoms with Crippen molar-refractivity contribution in [1.82, 2.24) is 4.90 Å². The molecule has 90 valence electrons. The van der Waals surface area contributed by atoms with Gasteiger partial charge >= 0.3 is 6.09 Å². The number of hydrogen-bond acceptors (Lipinski definition) is 2. The molecular weight excluding hydrogens is 204 g/mol. The first-order valence-electron chi connectivity index (χ1n) is 5.68. The zero-order valence-electron chi connectivity index (χ0n) is 10.5. The third-order valence-corrected chi connectivity index (χ3v) is 2.76. The van der Waals surface area contributed by atoms with Crippen LogP contribution in [0.15, 0.2) is 0 Å². The van der Waals surface area contributed by atoms with Crippen LogP contribution in [-0.4, -0.2) is 35.7 Å². The average molecular weight is 224 g/mol. The standard InChI is InChI=1S/C12H20N2O2/c1-9(13-5)10-6-7-14(8-10)11(15)16-12(2,3)4/h9-10H,6-8H2,1-4H3. The summed E-state index contributed by atoms with van der Waals surface area (Å²) >= 11 is 0. The van der Waals surface area contributed by atoms with E-state index in [1.807, 2.05) is 27.7 Å². The van der Waals surface area contributed by atoms with E-state index in [-0.39, 0.29) is 12.1 Å². The maximum Gasteiger partial charge on any atom is 0.410 e. The van der Waals surface area contributed by atoms with Gasteiger partial charge in [0.1, 0.15) is 5.60 Å². The van der Waals surface area contributed by atoms with Crippen LogP contribution in [-0.2, 0) is 4.74 Å². The van der Waals surface area contributed by atoms with Gasteiger partial charge in [-0.05, 0) is 27.2 Å². The van der Waals surface area contributed by atoms with Crippen LogP contribution in [0.2, 0.25) is 0 Å². The molecule has 0 aromatic rings. The molecule has 0 N–H and O–H groups in total. The summed E-state index contributed by atoms with van der Waals surface area (Å²) in [5.74, 6) is 0.296. The normalized spacial score (nSPS) is 22.7. The Morgan fingerprint density at radius 3 is 2.69 bits per heavy atom. The lowest BCUT2D eigenvalue weighted by atomic mass is 10.0. The van der Waals surface area contributed by atoms with Crippen molar-refractivity contribution in [1.29, 1.82) is 0 Å². The second kappa shape index (κ2) is 4.73. The molecule has 1 aliphatic rings. The van der Waals surface area contributed by atoms with Crippen molar-refractivity contribution in [3.63, 3.8) is 0 Å². The molecule has 4 nitrogen and oxygen atoms in total. The third-order valence-electron chi connectivity index (χ3n) is 2.76. The summed E-state index contributed by atoms with van der Waals surface area (Å²) in [5.41, 5.74) is -0.444. The van der Waals surface area contributed by atoms with Crippen LogP contribution in [0, 0.1) is 12.5 Å². The molecule has 4 heteroatoms. The van der Waals surface area contributed by atoms with Gasteiger partial charge in [-0.15, -0.1) is 0 Å². The number of rotatable bonds is 1. The van der Waals surface area contributed by atoms with E-state index in [2.05, 4.69) is 4.85 Å². The van der Waals surface area contributed by atoms with E-state index in [4.69, 9.17) is 11.3 Å². The number of ether oxygens (including phenoxy) is 1. The lowest BCUT2D eigenvalue weighted by molar-refractivity contribution is 0.0288. The van der Waals surface area contributed by atoms with Gasteiger partial charge < -0.3 is 14.5 Å². The molecule has 0 radical (unpaired) electrons. The molecule has 16 heavy (non-hydrogen) atoms. The minimum atomic E-state index is -0.444. The Bertz CT molecular complexity index is 301. The summed E-state index contributed by atoms with van der Waals surface area (Å²) in [6, 6.07) is -0.00700. The van der Waals surface area contributed by atoms with E-state index in [9.17, 15) is 4.79 Å². The molecule has 2 atom stereocenters. The molecule has 0 aromatic heterocycles. The smallest absolute Gasteiger partial charge is 0.410 e. The summed E-state index contributed by atoms with van der Waals surface area (Å²) in [5, 5.41) is 0. The number of carbonyl (C=O) groups is 1. The highest BCUT2D eigenvalue weighted by Gasteiger charge is 2.34. The Labute approximate surface area is 97.4 Å². The van der Waals surface area contributed by atoms with Gasteiger partial charge in [0.25, 0.3) is 0 Å². The Balaban J connectivity index is 2.48. The molecule has 1 fully saturated rings. The van der Waals surface area contributed by atoms with Gasteiger partial charge in [-0.3, -0.25) is 0 Å². The average Bonchev–Trinajstić information content (AvgIpc) is 2.62. The lowest BCUT2D eigenvalue weighted by Crippen LogP contribution is -2.35. The van der Waals surface area contributed by atoms with Crippen molar-refractivity contribution in [3.05, 3.63) is 11.4 Å². The van der Waals surface area contributed by atoms with Crippen molar-refractivity contribution >= 4 is 6.09 Å². The van der Waals surface area contributed by atoms with Crippen molar-refractivity contribution in [3.8, 4) is 0 Å². The molecular formula is C12H20N2O2. The Kier molecular flexibility index (Phi) is 3.79. The fourth-order valence-corrected chi connectivity index (χ4v) is 1.78. The summed E-state index contributed by atoms with van der Waals surface area (Å²) in [6.07, 6.45) is 0.648. The number of amides is 1. The summed E-state index contributed by atoms with van der Waals surface area (Å²) < 4.78 is 5.29. The van der Waals surface area contributed by atoms with E-state index in [1.165, 1.54) is 0 Å².